The molecular weight excluding hydrogens is 322 g/mol. The lowest BCUT2D eigenvalue weighted by molar-refractivity contribution is 0.0938. The molecule has 1 atom stereocenters. The van der Waals surface area contributed by atoms with E-state index in [9.17, 15) is 4.79 Å². The zero-order valence-electron chi connectivity index (χ0n) is 13.2. The topological polar surface area (TPSA) is 64.1 Å². The first-order chi connectivity index (χ1) is 11.7. The van der Waals surface area contributed by atoms with Gasteiger partial charge in [-0.1, -0.05) is 12.1 Å². The molecule has 0 saturated heterocycles. The predicted molar refractivity (Wildman–Crippen MR) is 93.0 cm³/mol. The fourth-order valence-electron chi connectivity index (χ4n) is 2.18. The predicted octanol–water partition coefficient (Wildman–Crippen LogP) is 3.61. The number of carbonyl (C=O) groups excluding carboxylic acids is 1. The van der Waals surface area contributed by atoms with Crippen molar-refractivity contribution < 1.29 is 9.53 Å². The molecule has 2 aromatic heterocycles. The maximum atomic E-state index is 12.4. The molecule has 0 bridgehead atoms. The van der Waals surface area contributed by atoms with Gasteiger partial charge >= 0.3 is 0 Å². The van der Waals surface area contributed by atoms with Gasteiger partial charge in [-0.15, -0.1) is 11.3 Å². The van der Waals surface area contributed by atoms with E-state index in [-0.39, 0.29) is 11.9 Å². The molecule has 3 rings (SSSR count). The van der Waals surface area contributed by atoms with Crippen LogP contribution < -0.4 is 10.1 Å². The summed E-state index contributed by atoms with van der Waals surface area (Å²) in [4.78, 5) is 20.8. The summed E-state index contributed by atoms with van der Waals surface area (Å²) < 4.78 is 5.68. The van der Waals surface area contributed by atoms with E-state index in [1.807, 2.05) is 36.6 Å². The summed E-state index contributed by atoms with van der Waals surface area (Å²) in [7, 11) is 0. The second-order valence-corrected chi connectivity index (χ2v) is 5.96. The molecule has 0 radical (unpaired) electrons. The Balaban J connectivity index is 1.63. The number of nitrogens with one attached hydrogen (secondary N) is 1. The van der Waals surface area contributed by atoms with Crippen LogP contribution in [0.25, 0.3) is 0 Å². The number of amides is 1. The Kier molecular flexibility index (Phi) is 5.18. The minimum Gasteiger partial charge on any atom is -0.487 e. The summed E-state index contributed by atoms with van der Waals surface area (Å²) in [5.74, 6) is 0.480. The standard InChI is InChI=1S/C18H17N3O2S/c1-13(17-7-2-3-8-19-17)21-18(22)14-5-4-6-16(9-14)23-10-15-11-24-12-20-15/h2-9,11-13H,10H2,1H3,(H,21,22). The number of aromatic nitrogens is 2. The lowest BCUT2D eigenvalue weighted by atomic mass is 10.1. The van der Waals surface area contributed by atoms with Crippen molar-refractivity contribution in [1.82, 2.24) is 15.3 Å². The van der Waals surface area contributed by atoms with Gasteiger partial charge in [0.25, 0.3) is 5.91 Å². The monoisotopic (exact) mass is 339 g/mol. The van der Waals surface area contributed by atoms with Crippen molar-refractivity contribution in [2.45, 2.75) is 19.6 Å². The molecule has 1 unspecified atom stereocenters. The average Bonchev–Trinajstić information content (AvgIpc) is 3.14. The Labute approximate surface area is 144 Å². The number of hydrogen-bond donors (Lipinski definition) is 1. The number of carbonyl (C=O) groups is 1. The van der Waals surface area contributed by atoms with Crippen molar-refractivity contribution in [3.05, 3.63) is 76.5 Å². The minimum absolute atomic E-state index is 0.160. The van der Waals surface area contributed by atoms with Crippen LogP contribution in [0.1, 0.15) is 34.7 Å². The molecule has 5 nitrogen and oxygen atoms in total. The Morgan fingerprint density at radius 1 is 1.25 bits per heavy atom. The molecule has 3 aromatic rings. The summed E-state index contributed by atoms with van der Waals surface area (Å²) >= 11 is 1.53. The number of thiazole rings is 1. The summed E-state index contributed by atoms with van der Waals surface area (Å²) in [6, 6.07) is 12.6. The molecular formula is C18H17N3O2S. The van der Waals surface area contributed by atoms with Crippen LogP contribution in [0, 0.1) is 0 Å². The van der Waals surface area contributed by atoms with Gasteiger partial charge in [0.1, 0.15) is 12.4 Å². The molecule has 0 aliphatic carbocycles. The summed E-state index contributed by atoms with van der Waals surface area (Å²) in [6.45, 7) is 2.29. The Bertz CT molecular complexity index is 791. The van der Waals surface area contributed by atoms with Gasteiger partial charge in [-0.05, 0) is 37.3 Å². The second-order valence-electron chi connectivity index (χ2n) is 5.25. The second kappa shape index (κ2) is 7.70. The van der Waals surface area contributed by atoms with E-state index in [2.05, 4.69) is 15.3 Å². The van der Waals surface area contributed by atoms with E-state index < -0.39 is 0 Å². The van der Waals surface area contributed by atoms with Gasteiger partial charge < -0.3 is 10.1 Å². The number of hydrogen-bond acceptors (Lipinski definition) is 5. The minimum atomic E-state index is -0.168. The first kappa shape index (κ1) is 16.1. The number of nitrogens with zero attached hydrogens (tertiary/aromatic N) is 2. The van der Waals surface area contributed by atoms with Crippen molar-refractivity contribution in [1.29, 1.82) is 0 Å². The molecule has 0 saturated carbocycles. The highest BCUT2D eigenvalue weighted by molar-refractivity contribution is 7.07. The van der Waals surface area contributed by atoms with Crippen LogP contribution in [0.3, 0.4) is 0 Å². The molecule has 0 spiro atoms. The smallest absolute Gasteiger partial charge is 0.251 e. The molecule has 1 N–H and O–H groups in total. The molecule has 122 valence electrons. The molecule has 1 aromatic carbocycles. The van der Waals surface area contributed by atoms with Crippen LogP contribution in [0.2, 0.25) is 0 Å². The van der Waals surface area contributed by atoms with Crippen molar-refractivity contribution in [3.63, 3.8) is 0 Å². The van der Waals surface area contributed by atoms with Crippen molar-refractivity contribution in [3.8, 4) is 5.75 Å². The largest absolute Gasteiger partial charge is 0.487 e. The lowest BCUT2D eigenvalue weighted by Crippen LogP contribution is -2.27. The molecule has 6 heteroatoms. The first-order valence-electron chi connectivity index (χ1n) is 7.54. The molecule has 24 heavy (non-hydrogen) atoms. The maximum Gasteiger partial charge on any atom is 0.251 e. The summed E-state index contributed by atoms with van der Waals surface area (Å²) in [5, 5.41) is 4.88. The number of rotatable bonds is 6. The van der Waals surface area contributed by atoms with Crippen LogP contribution in [0.5, 0.6) is 5.75 Å². The van der Waals surface area contributed by atoms with Gasteiger partial charge in [-0.2, -0.15) is 0 Å². The Morgan fingerprint density at radius 2 is 2.17 bits per heavy atom. The van der Waals surface area contributed by atoms with Crippen LogP contribution in [-0.4, -0.2) is 15.9 Å². The van der Waals surface area contributed by atoms with E-state index in [0.29, 0.717) is 17.9 Å². The van der Waals surface area contributed by atoms with Gasteiger partial charge in [0.05, 0.1) is 22.9 Å². The Morgan fingerprint density at radius 3 is 2.92 bits per heavy atom. The molecule has 1 amide bonds. The zero-order chi connectivity index (χ0) is 16.8. The average molecular weight is 339 g/mol. The Hall–Kier alpha value is -2.73. The lowest BCUT2D eigenvalue weighted by Gasteiger charge is -2.14. The van der Waals surface area contributed by atoms with Gasteiger partial charge in [-0.25, -0.2) is 4.98 Å². The molecule has 2 heterocycles. The summed E-state index contributed by atoms with van der Waals surface area (Å²) in [5.41, 5.74) is 4.01. The number of ether oxygens (including phenoxy) is 1. The highest BCUT2D eigenvalue weighted by Gasteiger charge is 2.12. The fraction of sp³-hybridized carbons (Fsp3) is 0.167. The third-order valence-corrected chi connectivity index (χ3v) is 4.08. The highest BCUT2D eigenvalue weighted by Crippen LogP contribution is 2.16. The van der Waals surface area contributed by atoms with E-state index >= 15 is 0 Å². The van der Waals surface area contributed by atoms with Gasteiger partial charge in [0.2, 0.25) is 0 Å². The first-order valence-corrected chi connectivity index (χ1v) is 8.48. The third-order valence-electron chi connectivity index (χ3n) is 3.45. The number of pyridine rings is 1. The highest BCUT2D eigenvalue weighted by atomic mass is 32.1. The zero-order valence-corrected chi connectivity index (χ0v) is 14.0. The molecule has 0 aliphatic heterocycles. The third kappa shape index (κ3) is 4.17. The quantitative estimate of drug-likeness (QED) is 0.745. The molecule has 0 fully saturated rings. The van der Waals surface area contributed by atoms with Crippen molar-refractivity contribution in [2.24, 2.45) is 0 Å². The molecule has 0 aliphatic rings. The SMILES string of the molecule is CC(NC(=O)c1cccc(OCc2cscn2)c1)c1ccccn1. The normalized spacial score (nSPS) is 11.7. The fourth-order valence-corrected chi connectivity index (χ4v) is 2.72. The summed E-state index contributed by atoms with van der Waals surface area (Å²) in [6.07, 6.45) is 1.71. The van der Waals surface area contributed by atoms with E-state index in [0.717, 1.165) is 11.4 Å². The van der Waals surface area contributed by atoms with Crippen LogP contribution in [0.15, 0.2) is 59.6 Å². The van der Waals surface area contributed by atoms with E-state index in [1.54, 1.807) is 29.9 Å². The van der Waals surface area contributed by atoms with Gasteiger partial charge in [0.15, 0.2) is 0 Å². The van der Waals surface area contributed by atoms with E-state index in [4.69, 9.17) is 4.74 Å². The maximum absolute atomic E-state index is 12.4. The number of benzene rings is 1. The van der Waals surface area contributed by atoms with Crippen molar-refractivity contribution >= 4 is 17.2 Å². The van der Waals surface area contributed by atoms with Gasteiger partial charge in [-0.3, -0.25) is 9.78 Å². The van der Waals surface area contributed by atoms with Crippen LogP contribution >= 0.6 is 11.3 Å². The van der Waals surface area contributed by atoms with E-state index in [1.165, 1.54) is 11.3 Å². The van der Waals surface area contributed by atoms with Crippen molar-refractivity contribution in [2.75, 3.05) is 0 Å². The van der Waals surface area contributed by atoms with Crippen LogP contribution in [0.4, 0.5) is 0 Å². The van der Waals surface area contributed by atoms with Gasteiger partial charge in [0, 0.05) is 17.1 Å². The van der Waals surface area contributed by atoms with Crippen LogP contribution in [-0.2, 0) is 6.61 Å².